The van der Waals surface area contributed by atoms with E-state index in [0.717, 1.165) is 12.8 Å². The molecule has 0 radical (unpaired) electrons. The van der Waals surface area contributed by atoms with Crippen LogP contribution in [0.5, 0.6) is 0 Å². The van der Waals surface area contributed by atoms with Gasteiger partial charge >= 0.3 is 0 Å². The van der Waals surface area contributed by atoms with E-state index in [2.05, 4.69) is 26.0 Å². The maximum Gasteiger partial charge on any atom is 0.0668 e. The minimum Gasteiger partial charge on any atom is -0.392 e. The second-order valence-corrected chi connectivity index (χ2v) is 4.88. The maximum atomic E-state index is 9.43. The average molecular weight is 213 g/mol. The highest BCUT2D eigenvalue weighted by Crippen LogP contribution is 2.28. The van der Waals surface area contributed by atoms with Gasteiger partial charge in [0.25, 0.3) is 0 Å². The van der Waals surface area contributed by atoms with Crippen LogP contribution in [0.15, 0.2) is 12.1 Å². The van der Waals surface area contributed by atoms with Crippen molar-refractivity contribution in [2.75, 3.05) is 6.54 Å². The Morgan fingerprint density at radius 3 is 2.71 bits per heavy atom. The van der Waals surface area contributed by atoms with E-state index in [-0.39, 0.29) is 6.10 Å². The van der Waals surface area contributed by atoms with Gasteiger partial charge in [-0.05, 0) is 30.9 Å². The van der Waals surface area contributed by atoms with Crippen molar-refractivity contribution in [3.63, 3.8) is 0 Å². The van der Waals surface area contributed by atoms with E-state index in [1.54, 1.807) is 0 Å². The predicted molar refractivity (Wildman–Crippen MR) is 61.8 cm³/mol. The summed E-state index contributed by atoms with van der Waals surface area (Å²) in [6, 6.07) is 4.34. The number of aryl methyl sites for hydroxylation is 1. The lowest BCUT2D eigenvalue weighted by atomic mass is 10.0. The highest BCUT2D eigenvalue weighted by atomic mass is 32.1. The molecular formula is C11H19NOS. The van der Waals surface area contributed by atoms with Crippen LogP contribution in [0.2, 0.25) is 0 Å². The zero-order chi connectivity index (χ0) is 10.6. The first-order chi connectivity index (χ1) is 6.67. The van der Waals surface area contributed by atoms with E-state index in [9.17, 15) is 5.11 Å². The molecule has 0 saturated carbocycles. The summed E-state index contributed by atoms with van der Waals surface area (Å²) in [5.41, 5.74) is 5.38. The maximum absolute atomic E-state index is 9.43. The van der Waals surface area contributed by atoms with Crippen molar-refractivity contribution < 1.29 is 5.11 Å². The molecule has 0 bridgehead atoms. The zero-order valence-corrected chi connectivity index (χ0v) is 9.68. The highest BCUT2D eigenvalue weighted by molar-refractivity contribution is 7.12. The molecule has 1 rings (SSSR count). The molecule has 2 atom stereocenters. The van der Waals surface area contributed by atoms with Crippen molar-refractivity contribution in [2.45, 2.75) is 38.7 Å². The van der Waals surface area contributed by atoms with Gasteiger partial charge in [-0.3, -0.25) is 0 Å². The summed E-state index contributed by atoms with van der Waals surface area (Å²) in [6.45, 7) is 4.66. The largest absolute Gasteiger partial charge is 0.392 e. The number of thiophene rings is 1. The van der Waals surface area contributed by atoms with E-state index in [1.165, 1.54) is 9.75 Å². The van der Waals surface area contributed by atoms with Gasteiger partial charge in [-0.2, -0.15) is 0 Å². The first-order valence-electron chi connectivity index (χ1n) is 5.14. The average Bonchev–Trinajstić information content (AvgIpc) is 2.65. The lowest BCUT2D eigenvalue weighted by Crippen LogP contribution is -2.21. The Balaban J connectivity index is 2.55. The summed E-state index contributed by atoms with van der Waals surface area (Å²) in [7, 11) is 0. The zero-order valence-electron chi connectivity index (χ0n) is 8.86. The molecule has 2 nitrogen and oxygen atoms in total. The first-order valence-corrected chi connectivity index (χ1v) is 5.95. The standard InChI is InChI=1S/C11H19NOS/c1-3-10-4-5-11(14-10)8(2)6-9(13)7-12/h4-5,8-9,13H,3,6-7,12H2,1-2H3. The number of aliphatic hydroxyl groups excluding tert-OH is 1. The Kier molecular flexibility index (Phi) is 4.58. The van der Waals surface area contributed by atoms with Gasteiger partial charge < -0.3 is 10.8 Å². The SMILES string of the molecule is CCc1ccc(C(C)CC(O)CN)s1. The molecule has 0 aliphatic heterocycles. The molecule has 1 heterocycles. The fraction of sp³-hybridized carbons (Fsp3) is 0.636. The number of aliphatic hydroxyl groups is 1. The molecule has 3 heteroatoms. The second-order valence-electron chi connectivity index (χ2n) is 3.68. The molecule has 1 aromatic heterocycles. The third-order valence-corrected chi connectivity index (χ3v) is 3.88. The summed E-state index contributed by atoms with van der Waals surface area (Å²) >= 11 is 1.84. The van der Waals surface area contributed by atoms with Gasteiger partial charge in [-0.25, -0.2) is 0 Å². The minimum atomic E-state index is -0.364. The van der Waals surface area contributed by atoms with E-state index in [4.69, 9.17) is 5.73 Å². The second kappa shape index (κ2) is 5.49. The van der Waals surface area contributed by atoms with Crippen molar-refractivity contribution in [3.8, 4) is 0 Å². The lowest BCUT2D eigenvalue weighted by Gasteiger charge is -2.13. The Morgan fingerprint density at radius 2 is 2.21 bits per heavy atom. The molecule has 0 aliphatic rings. The molecule has 0 amide bonds. The summed E-state index contributed by atoms with van der Waals surface area (Å²) in [5, 5.41) is 9.43. The predicted octanol–water partition coefficient (Wildman–Crippen LogP) is 2.12. The molecule has 0 saturated heterocycles. The number of nitrogens with two attached hydrogens (primary N) is 1. The lowest BCUT2D eigenvalue weighted by molar-refractivity contribution is 0.165. The van der Waals surface area contributed by atoms with Crippen LogP contribution in [0.3, 0.4) is 0 Å². The van der Waals surface area contributed by atoms with Crippen molar-refractivity contribution in [1.29, 1.82) is 0 Å². The Bertz CT molecular complexity index is 272. The summed E-state index contributed by atoms with van der Waals surface area (Å²) in [4.78, 5) is 2.77. The third-order valence-electron chi connectivity index (χ3n) is 2.41. The Labute approximate surface area is 89.8 Å². The van der Waals surface area contributed by atoms with Crippen molar-refractivity contribution >= 4 is 11.3 Å². The summed E-state index contributed by atoms with van der Waals surface area (Å²) < 4.78 is 0. The molecule has 0 aliphatic carbocycles. The Hall–Kier alpha value is -0.380. The summed E-state index contributed by atoms with van der Waals surface area (Å²) in [6.07, 6.45) is 1.49. The molecule has 80 valence electrons. The van der Waals surface area contributed by atoms with E-state index in [0.29, 0.717) is 12.5 Å². The van der Waals surface area contributed by atoms with Crippen molar-refractivity contribution in [3.05, 3.63) is 21.9 Å². The van der Waals surface area contributed by atoms with E-state index < -0.39 is 0 Å². The molecule has 14 heavy (non-hydrogen) atoms. The molecule has 0 spiro atoms. The topological polar surface area (TPSA) is 46.2 Å². The molecule has 3 N–H and O–H groups in total. The van der Waals surface area contributed by atoms with Crippen LogP contribution in [0.4, 0.5) is 0 Å². The van der Waals surface area contributed by atoms with Gasteiger partial charge in [-0.1, -0.05) is 13.8 Å². The van der Waals surface area contributed by atoms with Gasteiger partial charge in [0.15, 0.2) is 0 Å². The van der Waals surface area contributed by atoms with Crippen LogP contribution in [0, 0.1) is 0 Å². The summed E-state index contributed by atoms with van der Waals surface area (Å²) in [5.74, 6) is 0.416. The highest BCUT2D eigenvalue weighted by Gasteiger charge is 2.12. The normalized spacial score (nSPS) is 15.4. The smallest absolute Gasteiger partial charge is 0.0668 e. The van der Waals surface area contributed by atoms with Crippen LogP contribution in [-0.2, 0) is 6.42 Å². The first kappa shape index (κ1) is 11.7. The molecule has 0 fully saturated rings. The fourth-order valence-electron chi connectivity index (χ4n) is 1.47. The van der Waals surface area contributed by atoms with Crippen LogP contribution in [0.1, 0.15) is 35.9 Å². The molecule has 2 unspecified atom stereocenters. The van der Waals surface area contributed by atoms with Crippen molar-refractivity contribution in [2.24, 2.45) is 5.73 Å². The molecular weight excluding hydrogens is 194 g/mol. The van der Waals surface area contributed by atoms with Crippen LogP contribution < -0.4 is 5.73 Å². The van der Waals surface area contributed by atoms with Gasteiger partial charge in [0.2, 0.25) is 0 Å². The van der Waals surface area contributed by atoms with Crippen LogP contribution >= 0.6 is 11.3 Å². The van der Waals surface area contributed by atoms with Crippen LogP contribution in [-0.4, -0.2) is 17.8 Å². The van der Waals surface area contributed by atoms with Crippen molar-refractivity contribution in [1.82, 2.24) is 0 Å². The minimum absolute atomic E-state index is 0.357. The quantitative estimate of drug-likeness (QED) is 0.787. The monoisotopic (exact) mass is 213 g/mol. The van der Waals surface area contributed by atoms with Gasteiger partial charge in [0, 0.05) is 16.3 Å². The Morgan fingerprint density at radius 1 is 1.50 bits per heavy atom. The van der Waals surface area contributed by atoms with E-state index >= 15 is 0 Å². The third kappa shape index (κ3) is 3.08. The molecule has 0 aromatic carbocycles. The van der Waals surface area contributed by atoms with Gasteiger partial charge in [0.1, 0.15) is 0 Å². The number of hydrogen-bond acceptors (Lipinski definition) is 3. The van der Waals surface area contributed by atoms with E-state index in [1.807, 2.05) is 11.3 Å². The van der Waals surface area contributed by atoms with Crippen LogP contribution in [0.25, 0.3) is 0 Å². The van der Waals surface area contributed by atoms with Gasteiger partial charge in [-0.15, -0.1) is 11.3 Å². The number of hydrogen-bond donors (Lipinski definition) is 2. The molecule has 1 aromatic rings. The van der Waals surface area contributed by atoms with Gasteiger partial charge in [0.05, 0.1) is 6.10 Å². The number of rotatable bonds is 5. The fourth-order valence-corrected chi connectivity index (χ4v) is 2.49.